The smallest absolute Gasteiger partial charge is 0.339 e. The number of hydrogen-bond donors (Lipinski definition) is 1. The van der Waals surface area contributed by atoms with Crippen LogP contribution in [0.15, 0.2) is 36.0 Å². The molecule has 6 nitrogen and oxygen atoms in total. The van der Waals surface area contributed by atoms with Crippen molar-refractivity contribution < 1.29 is 23.8 Å². The Bertz CT molecular complexity index is 1410. The molecule has 0 bridgehead atoms. The number of hydrogen-bond acceptors (Lipinski definition) is 7. The van der Waals surface area contributed by atoms with E-state index in [1.165, 1.54) is 29.5 Å². The van der Waals surface area contributed by atoms with Crippen LogP contribution in [0.1, 0.15) is 71.1 Å². The maximum absolute atomic E-state index is 13.9. The van der Waals surface area contributed by atoms with E-state index in [2.05, 4.69) is 33.8 Å². The van der Waals surface area contributed by atoms with Crippen LogP contribution in [-0.2, 0) is 20.7 Å². The molecule has 0 spiro atoms. The van der Waals surface area contributed by atoms with Crippen LogP contribution in [0.2, 0.25) is 0 Å². The van der Waals surface area contributed by atoms with Gasteiger partial charge >= 0.3 is 5.97 Å². The van der Waals surface area contributed by atoms with Gasteiger partial charge in [-0.15, -0.1) is 23.5 Å². The Morgan fingerprint density at radius 2 is 1.83 bits per heavy atom. The maximum atomic E-state index is 13.9. The van der Waals surface area contributed by atoms with E-state index in [1.54, 1.807) is 23.9 Å². The highest BCUT2D eigenvalue weighted by atomic mass is 32.2. The van der Waals surface area contributed by atoms with Gasteiger partial charge in [0.2, 0.25) is 0 Å². The van der Waals surface area contributed by atoms with Crippen molar-refractivity contribution in [2.45, 2.75) is 77.9 Å². The molecule has 1 N–H and O–H groups in total. The third kappa shape index (κ3) is 3.85. The molecule has 7 atom stereocenters. The molecule has 1 heterocycles. The predicted octanol–water partition coefficient (Wildman–Crippen LogP) is 6.88. The lowest BCUT2D eigenvalue weighted by molar-refractivity contribution is -0.253. The van der Waals surface area contributed by atoms with Crippen LogP contribution in [0, 0.1) is 33.4 Å². The number of carbonyl (C=O) groups is 1. The molecule has 4 aliphatic rings. The van der Waals surface area contributed by atoms with Gasteiger partial charge < -0.3 is 14.6 Å². The zero-order valence-corrected chi connectivity index (χ0v) is 27.2. The van der Waals surface area contributed by atoms with Crippen molar-refractivity contribution >= 4 is 35.6 Å². The van der Waals surface area contributed by atoms with E-state index in [4.69, 9.17) is 14.6 Å². The van der Waals surface area contributed by atoms with Crippen LogP contribution in [0.5, 0.6) is 0 Å². The summed E-state index contributed by atoms with van der Waals surface area (Å²) < 4.78 is 27.9. The fourth-order valence-electron chi connectivity index (χ4n) is 9.75. The van der Waals surface area contributed by atoms with Crippen LogP contribution < -0.4 is 0 Å². The zero-order chi connectivity index (χ0) is 30.1. The van der Waals surface area contributed by atoms with Crippen molar-refractivity contribution in [3.8, 4) is 5.69 Å². The molecule has 3 saturated carbocycles. The number of allylic oxidation sites excluding steroid dienone is 1. The van der Waals surface area contributed by atoms with Crippen LogP contribution in [-0.4, -0.2) is 57.0 Å². The summed E-state index contributed by atoms with van der Waals surface area (Å²) in [5.41, 5.74) is 1.75. The largest absolute Gasteiger partial charge is 0.452 e. The lowest BCUT2D eigenvalue weighted by atomic mass is 9.35. The zero-order valence-electron chi connectivity index (χ0n) is 25.5. The second-order valence-electron chi connectivity index (χ2n) is 13.7. The summed E-state index contributed by atoms with van der Waals surface area (Å²) in [5, 5.41) is 17.1. The highest BCUT2D eigenvalue weighted by Gasteiger charge is 2.77. The SMILES string of the molecule is CSCOC(=O)C1(OCSC)CC[C@@]2(C)C3CCC4=Cc5c(cnn5-c5ccc(F)cc5)CC4(C)[C@@]3(C)C(O)CC12C. The van der Waals surface area contributed by atoms with E-state index in [0.717, 1.165) is 42.6 Å². The van der Waals surface area contributed by atoms with Crippen LogP contribution >= 0.6 is 23.5 Å². The fraction of sp³-hybridized carbons (Fsp3) is 0.636. The standard InChI is InChI=1S/C33H43FN2O4S2/c1-29-13-14-33(40-20-42-6,28(38)39-19-41-5)31(29,3)17-27(37)32(4)26(29)12-7-22-15-25-21(16-30(22,32)2)18-35-36(25)24-10-8-23(34)9-11-24/h8-11,15,18,26-27,37H,7,12-14,16-17,19-20H2,1-6H3/t26?,27?,29-,30?,31?,32+,33?/m0/s1. The van der Waals surface area contributed by atoms with Gasteiger partial charge in [-0.25, -0.2) is 13.9 Å². The van der Waals surface area contributed by atoms with Gasteiger partial charge in [-0.3, -0.25) is 0 Å². The third-order valence-electron chi connectivity index (χ3n) is 12.4. The first-order valence-electron chi connectivity index (χ1n) is 14.9. The van der Waals surface area contributed by atoms with Crippen LogP contribution in [0.3, 0.4) is 0 Å². The molecule has 2 aromatic rings. The Morgan fingerprint density at radius 1 is 1.12 bits per heavy atom. The lowest BCUT2D eigenvalue weighted by Crippen LogP contribution is -2.70. The molecular weight excluding hydrogens is 572 g/mol. The minimum atomic E-state index is -1.09. The normalized spacial score (nSPS) is 38.6. The average Bonchev–Trinajstić information content (AvgIpc) is 3.46. The Labute approximate surface area is 257 Å². The summed E-state index contributed by atoms with van der Waals surface area (Å²) in [4.78, 5) is 13.9. The Hall–Kier alpha value is -1.81. The molecule has 3 fully saturated rings. The summed E-state index contributed by atoms with van der Waals surface area (Å²) in [6, 6.07) is 6.45. The molecule has 9 heteroatoms. The highest BCUT2D eigenvalue weighted by molar-refractivity contribution is 7.98. The molecule has 42 heavy (non-hydrogen) atoms. The number of fused-ring (bicyclic) bond motifs is 6. The van der Waals surface area contributed by atoms with Gasteiger partial charge in [0.1, 0.15) is 11.8 Å². The van der Waals surface area contributed by atoms with Gasteiger partial charge in [-0.2, -0.15) is 5.10 Å². The average molecular weight is 615 g/mol. The van der Waals surface area contributed by atoms with Crippen molar-refractivity contribution in [2.24, 2.45) is 27.6 Å². The minimum Gasteiger partial charge on any atom is -0.452 e. The topological polar surface area (TPSA) is 73.6 Å². The second kappa shape index (κ2) is 10.4. The quantitative estimate of drug-likeness (QED) is 0.269. The van der Waals surface area contributed by atoms with E-state index in [-0.39, 0.29) is 28.5 Å². The molecule has 0 radical (unpaired) electrons. The van der Waals surface area contributed by atoms with Gasteiger partial charge in [0, 0.05) is 16.2 Å². The molecule has 0 amide bonds. The molecule has 1 aromatic heterocycles. The summed E-state index contributed by atoms with van der Waals surface area (Å²) in [5.74, 6) is 0.327. The number of aromatic nitrogens is 2. The number of aliphatic hydroxyl groups is 1. The van der Waals surface area contributed by atoms with Crippen molar-refractivity contribution in [1.82, 2.24) is 9.78 Å². The first kappa shape index (κ1) is 30.2. The van der Waals surface area contributed by atoms with Crippen molar-refractivity contribution in [3.05, 3.63) is 53.1 Å². The monoisotopic (exact) mass is 614 g/mol. The number of benzene rings is 1. The summed E-state index contributed by atoms with van der Waals surface area (Å²) in [7, 11) is 0. The number of carbonyl (C=O) groups excluding carboxylic acids is 1. The Balaban J connectivity index is 1.40. The lowest BCUT2D eigenvalue weighted by Gasteiger charge is -2.70. The van der Waals surface area contributed by atoms with Gasteiger partial charge in [-0.05, 0) is 98.3 Å². The van der Waals surface area contributed by atoms with Crippen LogP contribution in [0.25, 0.3) is 11.8 Å². The molecule has 5 unspecified atom stereocenters. The van der Waals surface area contributed by atoms with Crippen LogP contribution in [0.4, 0.5) is 4.39 Å². The second-order valence-corrected chi connectivity index (χ2v) is 15.3. The minimum absolute atomic E-state index is 0.183. The summed E-state index contributed by atoms with van der Waals surface area (Å²) in [6.45, 7) is 9.16. The Kier molecular flexibility index (Phi) is 7.47. The molecule has 4 aliphatic carbocycles. The maximum Gasteiger partial charge on any atom is 0.339 e. The number of thioether (sulfide) groups is 2. The number of esters is 1. The highest BCUT2D eigenvalue weighted by Crippen LogP contribution is 2.77. The number of ether oxygens (including phenoxy) is 2. The number of nitrogens with zero attached hydrogens (tertiary/aromatic N) is 2. The molecule has 1 aromatic carbocycles. The van der Waals surface area contributed by atoms with Crippen molar-refractivity contribution in [2.75, 3.05) is 24.4 Å². The van der Waals surface area contributed by atoms with Gasteiger partial charge in [0.05, 0.1) is 29.6 Å². The molecule has 228 valence electrons. The van der Waals surface area contributed by atoms with Gasteiger partial charge in [-0.1, -0.05) is 33.3 Å². The number of aliphatic hydroxyl groups excluding tert-OH is 1. The predicted molar refractivity (Wildman–Crippen MR) is 167 cm³/mol. The van der Waals surface area contributed by atoms with E-state index < -0.39 is 22.5 Å². The van der Waals surface area contributed by atoms with Gasteiger partial charge in [0.15, 0.2) is 5.60 Å². The van der Waals surface area contributed by atoms with Gasteiger partial charge in [0.25, 0.3) is 0 Å². The van der Waals surface area contributed by atoms with E-state index >= 15 is 0 Å². The van der Waals surface area contributed by atoms with Crippen molar-refractivity contribution in [1.29, 1.82) is 0 Å². The summed E-state index contributed by atoms with van der Waals surface area (Å²) in [6.07, 6.45) is 12.0. The molecule has 6 rings (SSSR count). The molecule has 0 aliphatic heterocycles. The van der Waals surface area contributed by atoms with E-state index in [9.17, 15) is 14.3 Å². The fourth-order valence-corrected chi connectivity index (χ4v) is 10.3. The van der Waals surface area contributed by atoms with E-state index in [0.29, 0.717) is 24.7 Å². The third-order valence-corrected chi connectivity index (χ3v) is 13.1. The number of halogens is 1. The van der Waals surface area contributed by atoms with Crippen molar-refractivity contribution in [3.63, 3.8) is 0 Å². The summed E-state index contributed by atoms with van der Waals surface area (Å²) >= 11 is 3.05. The Morgan fingerprint density at radius 3 is 2.52 bits per heavy atom. The first-order valence-corrected chi connectivity index (χ1v) is 17.7. The molecular formula is C33H43FN2O4S2. The van der Waals surface area contributed by atoms with E-state index in [1.807, 2.05) is 23.4 Å². The number of rotatable bonds is 7. The molecule has 0 saturated heterocycles. The first-order chi connectivity index (χ1) is 19.9.